The minimum absolute atomic E-state index is 0.0718. The van der Waals surface area contributed by atoms with E-state index in [1.54, 1.807) is 5.38 Å². The summed E-state index contributed by atoms with van der Waals surface area (Å²) in [6.07, 6.45) is 4.00. The van der Waals surface area contributed by atoms with Gasteiger partial charge in [0.25, 0.3) is 0 Å². The molecule has 1 spiro atoms. The molecule has 1 aliphatic heterocycles. The summed E-state index contributed by atoms with van der Waals surface area (Å²) in [5.41, 5.74) is 0.891. The molecule has 3 rings (SSSR count). The fourth-order valence-corrected chi connectivity index (χ4v) is 4.09. The van der Waals surface area contributed by atoms with Crippen molar-refractivity contribution in [3.05, 3.63) is 16.1 Å². The molecule has 6 nitrogen and oxygen atoms in total. The largest absolute Gasteiger partial charge is 0.481 e. The van der Waals surface area contributed by atoms with E-state index in [0.29, 0.717) is 17.7 Å². The number of carbonyl (C=O) groups excluding carboxylic acids is 1. The lowest BCUT2D eigenvalue weighted by atomic mass is 9.58. The number of nitrogens with zero attached hydrogens (tertiary/aromatic N) is 1. The highest BCUT2D eigenvalue weighted by Crippen LogP contribution is 2.52. The maximum atomic E-state index is 12.1. The van der Waals surface area contributed by atoms with Gasteiger partial charge in [-0.3, -0.25) is 9.59 Å². The number of ether oxygens (including phenoxy) is 1. The van der Waals surface area contributed by atoms with Crippen molar-refractivity contribution >= 4 is 23.2 Å². The minimum atomic E-state index is -0.892. The topological polar surface area (TPSA) is 88.5 Å². The first-order valence-electron chi connectivity index (χ1n) is 7.57. The van der Waals surface area contributed by atoms with Crippen molar-refractivity contribution in [1.29, 1.82) is 0 Å². The Labute approximate surface area is 132 Å². The first-order valence-corrected chi connectivity index (χ1v) is 8.45. The van der Waals surface area contributed by atoms with E-state index in [4.69, 9.17) is 9.84 Å². The number of nitrogens with one attached hydrogen (secondary N) is 1. The van der Waals surface area contributed by atoms with Crippen LogP contribution < -0.4 is 5.32 Å². The van der Waals surface area contributed by atoms with E-state index < -0.39 is 5.97 Å². The Balaban J connectivity index is 1.43. The number of carboxylic acids is 1. The molecule has 0 radical (unpaired) electrons. The van der Waals surface area contributed by atoms with Crippen molar-refractivity contribution in [2.45, 2.75) is 38.6 Å². The third-order valence-electron chi connectivity index (χ3n) is 4.63. The van der Waals surface area contributed by atoms with E-state index in [9.17, 15) is 9.59 Å². The van der Waals surface area contributed by atoms with Crippen LogP contribution in [0, 0.1) is 11.3 Å². The molecule has 7 heteroatoms. The molecule has 0 unspecified atom stereocenters. The van der Waals surface area contributed by atoms with Crippen LogP contribution in [0.25, 0.3) is 0 Å². The van der Waals surface area contributed by atoms with Crippen LogP contribution in [0.1, 0.15) is 36.4 Å². The van der Waals surface area contributed by atoms with E-state index in [1.165, 1.54) is 11.3 Å². The summed E-state index contributed by atoms with van der Waals surface area (Å²) in [6.45, 7) is 2.02. The first kappa shape index (κ1) is 15.4. The number of rotatable bonds is 5. The van der Waals surface area contributed by atoms with Crippen LogP contribution in [0.5, 0.6) is 0 Å². The Kier molecular flexibility index (Phi) is 4.44. The smallest absolute Gasteiger partial charge is 0.309 e. The Bertz CT molecular complexity index is 558. The molecular weight excluding hydrogens is 304 g/mol. The number of hydrogen-bond donors (Lipinski definition) is 2. The quantitative estimate of drug-likeness (QED) is 0.859. The zero-order valence-corrected chi connectivity index (χ0v) is 13.2. The van der Waals surface area contributed by atoms with Crippen molar-refractivity contribution in [3.63, 3.8) is 0 Å². The number of carboxylic acid groups (broad SMARTS) is 1. The van der Waals surface area contributed by atoms with Gasteiger partial charge in [0.15, 0.2) is 0 Å². The predicted molar refractivity (Wildman–Crippen MR) is 80.5 cm³/mol. The SMILES string of the molecule is O=C(O)Cc1csc(CNC(=O)C2CC3(CCOCC3)C2)n1. The van der Waals surface area contributed by atoms with Gasteiger partial charge in [0, 0.05) is 24.5 Å². The predicted octanol–water partition coefficient (Wildman–Crippen LogP) is 1.59. The summed E-state index contributed by atoms with van der Waals surface area (Å²) < 4.78 is 5.38. The van der Waals surface area contributed by atoms with Crippen molar-refractivity contribution in [2.75, 3.05) is 13.2 Å². The van der Waals surface area contributed by atoms with Crippen molar-refractivity contribution in [1.82, 2.24) is 10.3 Å². The highest BCUT2D eigenvalue weighted by Gasteiger charge is 2.47. The molecule has 1 amide bonds. The maximum absolute atomic E-state index is 12.1. The van der Waals surface area contributed by atoms with Gasteiger partial charge in [0.1, 0.15) is 5.01 Å². The van der Waals surface area contributed by atoms with Gasteiger partial charge in [-0.2, -0.15) is 0 Å². The second-order valence-corrected chi connectivity index (χ2v) is 7.18. The third-order valence-corrected chi connectivity index (χ3v) is 5.53. The second kappa shape index (κ2) is 6.34. The average Bonchev–Trinajstić information content (AvgIpc) is 2.89. The second-order valence-electron chi connectivity index (χ2n) is 6.24. The van der Waals surface area contributed by atoms with Crippen molar-refractivity contribution in [3.8, 4) is 0 Å². The molecular formula is C15H20N2O4S. The summed E-state index contributed by atoms with van der Waals surface area (Å²) >= 11 is 1.39. The van der Waals surface area contributed by atoms with Gasteiger partial charge in [-0.05, 0) is 31.1 Å². The van der Waals surface area contributed by atoms with Gasteiger partial charge in [-0.25, -0.2) is 4.98 Å². The fraction of sp³-hybridized carbons (Fsp3) is 0.667. The number of aliphatic carboxylic acids is 1. The number of amides is 1. The molecule has 1 saturated carbocycles. The van der Waals surface area contributed by atoms with E-state index >= 15 is 0 Å². The van der Waals surface area contributed by atoms with Crippen molar-refractivity contribution < 1.29 is 19.4 Å². The van der Waals surface area contributed by atoms with Crippen LogP contribution in [-0.4, -0.2) is 35.2 Å². The summed E-state index contributed by atoms with van der Waals surface area (Å²) in [5.74, 6) is -0.694. The highest BCUT2D eigenvalue weighted by molar-refractivity contribution is 7.09. The van der Waals surface area contributed by atoms with Gasteiger partial charge in [-0.1, -0.05) is 0 Å². The molecule has 1 aromatic rings. The van der Waals surface area contributed by atoms with Gasteiger partial charge < -0.3 is 15.2 Å². The maximum Gasteiger partial charge on any atom is 0.309 e. The molecule has 120 valence electrons. The zero-order valence-electron chi connectivity index (χ0n) is 12.3. The van der Waals surface area contributed by atoms with Gasteiger partial charge in [0.05, 0.1) is 18.7 Å². The first-order chi connectivity index (χ1) is 10.6. The number of carbonyl (C=O) groups is 2. The Hall–Kier alpha value is -1.47. The molecule has 1 aromatic heterocycles. The van der Waals surface area contributed by atoms with Crippen LogP contribution in [0.4, 0.5) is 0 Å². The molecule has 2 N–H and O–H groups in total. The van der Waals surface area contributed by atoms with Crippen LogP contribution in [0.3, 0.4) is 0 Å². The Morgan fingerprint density at radius 2 is 2.14 bits per heavy atom. The number of hydrogen-bond acceptors (Lipinski definition) is 5. The lowest BCUT2D eigenvalue weighted by Gasteiger charge is -2.49. The van der Waals surface area contributed by atoms with E-state index in [2.05, 4.69) is 10.3 Å². The van der Waals surface area contributed by atoms with Gasteiger partial charge in [0.2, 0.25) is 5.91 Å². The highest BCUT2D eigenvalue weighted by atomic mass is 32.1. The molecule has 2 fully saturated rings. The molecule has 2 aliphatic rings. The van der Waals surface area contributed by atoms with Crippen LogP contribution in [-0.2, 0) is 27.3 Å². The summed E-state index contributed by atoms with van der Waals surface area (Å²) in [4.78, 5) is 27.0. The van der Waals surface area contributed by atoms with E-state index in [0.717, 1.165) is 43.9 Å². The molecule has 0 atom stereocenters. The molecule has 0 aromatic carbocycles. The van der Waals surface area contributed by atoms with E-state index in [-0.39, 0.29) is 18.2 Å². The van der Waals surface area contributed by atoms with Crippen LogP contribution in [0.15, 0.2) is 5.38 Å². The normalized spacial score (nSPS) is 20.5. The number of thiazole rings is 1. The van der Waals surface area contributed by atoms with Crippen molar-refractivity contribution in [2.24, 2.45) is 11.3 Å². The lowest BCUT2D eigenvalue weighted by Crippen LogP contribution is -2.47. The molecule has 1 saturated heterocycles. The third kappa shape index (κ3) is 3.47. The zero-order chi connectivity index (χ0) is 15.6. The lowest BCUT2D eigenvalue weighted by molar-refractivity contribution is -0.138. The average molecular weight is 324 g/mol. The summed E-state index contributed by atoms with van der Waals surface area (Å²) in [5, 5.41) is 14.1. The summed E-state index contributed by atoms with van der Waals surface area (Å²) in [6, 6.07) is 0. The van der Waals surface area contributed by atoms with Gasteiger partial charge in [-0.15, -0.1) is 11.3 Å². The number of aromatic nitrogens is 1. The molecule has 1 aliphatic carbocycles. The standard InChI is InChI=1S/C15H20N2O4S/c18-13(19)5-11-9-22-12(17-11)8-16-14(20)10-6-15(7-10)1-3-21-4-2-15/h9-10H,1-8H2,(H,16,20)(H,18,19). The Morgan fingerprint density at radius 1 is 1.41 bits per heavy atom. The Morgan fingerprint density at radius 3 is 2.82 bits per heavy atom. The van der Waals surface area contributed by atoms with Crippen LogP contribution in [0.2, 0.25) is 0 Å². The monoisotopic (exact) mass is 324 g/mol. The fourth-order valence-electron chi connectivity index (χ4n) is 3.36. The van der Waals surface area contributed by atoms with Crippen LogP contribution >= 0.6 is 11.3 Å². The molecule has 2 heterocycles. The molecule has 0 bridgehead atoms. The molecule has 22 heavy (non-hydrogen) atoms. The summed E-state index contributed by atoms with van der Waals surface area (Å²) in [7, 11) is 0. The minimum Gasteiger partial charge on any atom is -0.481 e. The van der Waals surface area contributed by atoms with Gasteiger partial charge >= 0.3 is 5.97 Å². The van der Waals surface area contributed by atoms with E-state index in [1.807, 2.05) is 0 Å².